The molecule has 0 heterocycles. The van der Waals surface area contributed by atoms with Crippen molar-refractivity contribution in [1.29, 1.82) is 0 Å². The van der Waals surface area contributed by atoms with Gasteiger partial charge in [0.1, 0.15) is 5.82 Å². The lowest BCUT2D eigenvalue weighted by atomic mass is 10.1. The molecule has 0 amide bonds. The van der Waals surface area contributed by atoms with E-state index in [1.165, 1.54) is 19.2 Å². The van der Waals surface area contributed by atoms with Crippen LogP contribution >= 0.6 is 0 Å². The summed E-state index contributed by atoms with van der Waals surface area (Å²) in [4.78, 5) is 10.9. The average molecular weight is 196 g/mol. The van der Waals surface area contributed by atoms with Gasteiger partial charge in [-0.1, -0.05) is 13.0 Å². The van der Waals surface area contributed by atoms with Crippen molar-refractivity contribution < 1.29 is 13.9 Å². The normalized spacial score (nSPS) is 9.93. The molecule has 0 radical (unpaired) electrons. The summed E-state index contributed by atoms with van der Waals surface area (Å²) >= 11 is 0. The molecule has 3 heteroatoms. The number of rotatable bonds is 3. The van der Waals surface area contributed by atoms with E-state index in [1.54, 1.807) is 0 Å². The largest absolute Gasteiger partial charge is 0.469 e. The number of carbonyl (C=O) groups excluding carboxylic acids is 1. The van der Waals surface area contributed by atoms with Crippen LogP contribution in [0.15, 0.2) is 18.2 Å². The van der Waals surface area contributed by atoms with Crippen LogP contribution in [-0.4, -0.2) is 13.1 Å². The van der Waals surface area contributed by atoms with Gasteiger partial charge >= 0.3 is 5.97 Å². The Morgan fingerprint density at radius 3 is 2.57 bits per heavy atom. The second-order valence-electron chi connectivity index (χ2n) is 3.07. The maximum atomic E-state index is 13.0. The van der Waals surface area contributed by atoms with E-state index in [2.05, 4.69) is 4.74 Å². The summed E-state index contributed by atoms with van der Waals surface area (Å²) in [5.41, 5.74) is 1.55. The van der Waals surface area contributed by atoms with E-state index in [4.69, 9.17) is 0 Å². The summed E-state index contributed by atoms with van der Waals surface area (Å²) in [7, 11) is 1.32. The van der Waals surface area contributed by atoms with Gasteiger partial charge in [0.15, 0.2) is 0 Å². The monoisotopic (exact) mass is 196 g/mol. The molecule has 0 aliphatic rings. The molecule has 0 aliphatic carbocycles. The van der Waals surface area contributed by atoms with Crippen LogP contribution in [0.1, 0.15) is 18.1 Å². The van der Waals surface area contributed by atoms with Crippen LogP contribution < -0.4 is 0 Å². The van der Waals surface area contributed by atoms with Crippen LogP contribution in [0.25, 0.3) is 0 Å². The molecule has 0 aliphatic heterocycles. The molecule has 0 spiro atoms. The van der Waals surface area contributed by atoms with Crippen LogP contribution in [0.5, 0.6) is 0 Å². The van der Waals surface area contributed by atoms with Crippen LogP contribution in [-0.2, 0) is 22.4 Å². The Bertz CT molecular complexity index is 334. The van der Waals surface area contributed by atoms with Crippen molar-refractivity contribution in [2.24, 2.45) is 0 Å². The summed E-state index contributed by atoms with van der Waals surface area (Å²) in [6.45, 7) is 1.94. The first kappa shape index (κ1) is 10.7. The number of aryl methyl sites for hydroxylation is 1. The molecule has 0 unspecified atom stereocenters. The number of ether oxygens (including phenoxy) is 1. The lowest BCUT2D eigenvalue weighted by Gasteiger charge is -2.03. The number of hydrogen-bond acceptors (Lipinski definition) is 2. The Labute approximate surface area is 82.7 Å². The molecule has 0 bridgehead atoms. The van der Waals surface area contributed by atoms with Gasteiger partial charge in [-0.3, -0.25) is 4.79 Å². The molecule has 0 fully saturated rings. The van der Waals surface area contributed by atoms with E-state index in [0.717, 1.165) is 12.0 Å². The minimum Gasteiger partial charge on any atom is -0.469 e. The van der Waals surface area contributed by atoms with E-state index in [1.807, 2.05) is 13.0 Å². The fraction of sp³-hybridized carbons (Fsp3) is 0.364. The van der Waals surface area contributed by atoms with Crippen molar-refractivity contribution in [1.82, 2.24) is 0 Å². The maximum absolute atomic E-state index is 13.0. The molecule has 0 saturated carbocycles. The molecule has 76 valence electrons. The quantitative estimate of drug-likeness (QED) is 0.692. The van der Waals surface area contributed by atoms with Gasteiger partial charge in [0, 0.05) is 0 Å². The van der Waals surface area contributed by atoms with Gasteiger partial charge in [-0.25, -0.2) is 4.39 Å². The molecule has 1 aromatic rings. The zero-order valence-corrected chi connectivity index (χ0v) is 8.34. The highest BCUT2D eigenvalue weighted by Crippen LogP contribution is 2.10. The smallest absolute Gasteiger partial charge is 0.309 e. The van der Waals surface area contributed by atoms with Gasteiger partial charge in [0.2, 0.25) is 0 Å². The molecule has 14 heavy (non-hydrogen) atoms. The summed E-state index contributed by atoms with van der Waals surface area (Å²) in [5, 5.41) is 0. The first-order valence-corrected chi connectivity index (χ1v) is 4.51. The number of esters is 1. The molecule has 1 rings (SSSR count). The predicted octanol–water partition coefficient (Wildman–Crippen LogP) is 2.10. The molecule has 0 N–H and O–H groups in total. The molecular weight excluding hydrogens is 183 g/mol. The topological polar surface area (TPSA) is 26.3 Å². The fourth-order valence-corrected chi connectivity index (χ4v) is 1.26. The second-order valence-corrected chi connectivity index (χ2v) is 3.07. The van der Waals surface area contributed by atoms with Gasteiger partial charge in [0.25, 0.3) is 0 Å². The third kappa shape index (κ3) is 2.83. The third-order valence-electron chi connectivity index (χ3n) is 2.00. The highest BCUT2D eigenvalue weighted by atomic mass is 19.1. The second kappa shape index (κ2) is 4.74. The van der Waals surface area contributed by atoms with Gasteiger partial charge in [-0.15, -0.1) is 0 Å². The lowest BCUT2D eigenvalue weighted by molar-refractivity contribution is -0.139. The van der Waals surface area contributed by atoms with Gasteiger partial charge < -0.3 is 4.74 Å². The molecule has 0 saturated heterocycles. The highest BCUT2D eigenvalue weighted by molar-refractivity contribution is 5.72. The standard InChI is InChI=1S/C11H13FO2/c1-3-8-4-9(6-10(12)5-8)7-11(13)14-2/h4-6H,3,7H2,1-2H3. The van der Waals surface area contributed by atoms with E-state index < -0.39 is 0 Å². The zero-order valence-electron chi connectivity index (χ0n) is 8.34. The maximum Gasteiger partial charge on any atom is 0.309 e. The highest BCUT2D eigenvalue weighted by Gasteiger charge is 2.05. The SMILES string of the molecule is CCc1cc(F)cc(CC(=O)OC)c1. The minimum absolute atomic E-state index is 0.126. The Morgan fingerprint density at radius 1 is 1.36 bits per heavy atom. The van der Waals surface area contributed by atoms with Crippen molar-refractivity contribution in [3.63, 3.8) is 0 Å². The van der Waals surface area contributed by atoms with E-state index in [0.29, 0.717) is 5.56 Å². The molecule has 0 aromatic heterocycles. The van der Waals surface area contributed by atoms with Crippen molar-refractivity contribution in [2.75, 3.05) is 7.11 Å². The van der Waals surface area contributed by atoms with Gasteiger partial charge in [0.05, 0.1) is 13.5 Å². The number of carbonyl (C=O) groups is 1. The summed E-state index contributed by atoms with van der Waals surface area (Å²) in [6.07, 6.45) is 0.882. The molecule has 2 nitrogen and oxygen atoms in total. The van der Waals surface area contributed by atoms with E-state index in [-0.39, 0.29) is 18.2 Å². The van der Waals surface area contributed by atoms with Gasteiger partial charge in [-0.2, -0.15) is 0 Å². The van der Waals surface area contributed by atoms with Crippen LogP contribution in [0.3, 0.4) is 0 Å². The fourth-order valence-electron chi connectivity index (χ4n) is 1.26. The predicted molar refractivity (Wildman–Crippen MR) is 51.5 cm³/mol. The first-order valence-electron chi connectivity index (χ1n) is 4.51. The van der Waals surface area contributed by atoms with E-state index >= 15 is 0 Å². The van der Waals surface area contributed by atoms with Crippen LogP contribution in [0.2, 0.25) is 0 Å². The molecule has 0 atom stereocenters. The zero-order chi connectivity index (χ0) is 10.6. The van der Waals surface area contributed by atoms with Crippen molar-refractivity contribution in [2.45, 2.75) is 19.8 Å². The number of halogens is 1. The first-order chi connectivity index (χ1) is 6.65. The van der Waals surface area contributed by atoms with E-state index in [9.17, 15) is 9.18 Å². The summed E-state index contributed by atoms with van der Waals surface area (Å²) < 4.78 is 17.5. The Kier molecular flexibility index (Phi) is 3.63. The Balaban J connectivity index is 2.86. The summed E-state index contributed by atoms with van der Waals surface area (Å²) in [5.74, 6) is -0.652. The lowest BCUT2D eigenvalue weighted by Crippen LogP contribution is -2.05. The molecular formula is C11H13FO2. The van der Waals surface area contributed by atoms with Crippen LogP contribution in [0, 0.1) is 5.82 Å². The van der Waals surface area contributed by atoms with Crippen molar-refractivity contribution in [3.8, 4) is 0 Å². The van der Waals surface area contributed by atoms with Crippen LogP contribution in [0.4, 0.5) is 4.39 Å². The Hall–Kier alpha value is -1.38. The minimum atomic E-state index is -0.349. The molecule has 1 aromatic carbocycles. The number of methoxy groups -OCH3 is 1. The Morgan fingerprint density at radius 2 is 2.00 bits per heavy atom. The van der Waals surface area contributed by atoms with Crippen molar-refractivity contribution in [3.05, 3.63) is 35.1 Å². The summed E-state index contributed by atoms with van der Waals surface area (Å²) in [6, 6.07) is 4.65. The third-order valence-corrected chi connectivity index (χ3v) is 2.00. The number of hydrogen-bond donors (Lipinski definition) is 0. The average Bonchev–Trinajstić information content (AvgIpc) is 2.16. The van der Waals surface area contributed by atoms with Gasteiger partial charge in [-0.05, 0) is 29.7 Å². The number of benzene rings is 1. The van der Waals surface area contributed by atoms with Crippen molar-refractivity contribution >= 4 is 5.97 Å².